The lowest BCUT2D eigenvalue weighted by atomic mass is 9.95. The summed E-state index contributed by atoms with van der Waals surface area (Å²) in [6.07, 6.45) is 0.984. The summed E-state index contributed by atoms with van der Waals surface area (Å²) < 4.78 is 30.0. The average molecular weight is 469 g/mol. The number of nitrogens with one attached hydrogen (secondary N) is 1. The van der Waals surface area contributed by atoms with E-state index in [0.717, 1.165) is 41.8 Å². The van der Waals surface area contributed by atoms with Gasteiger partial charge in [-0.25, -0.2) is 13.1 Å². The lowest BCUT2D eigenvalue weighted by Gasteiger charge is -2.35. The average Bonchev–Trinajstić information content (AvgIpc) is 3.31. The van der Waals surface area contributed by atoms with Crippen LogP contribution in [0.1, 0.15) is 50.5 Å². The quantitative estimate of drug-likeness (QED) is 0.529. The fourth-order valence-corrected chi connectivity index (χ4v) is 7.18. The highest BCUT2D eigenvalue weighted by molar-refractivity contribution is 7.89. The SMILES string of the molecule is Cc1c(C)c(C)c(S(=O)(=O)NCC(c2ccsc2)N2CCc3ccccc3C2)c(C)c1C. The molecule has 0 aliphatic carbocycles. The molecule has 4 rings (SSSR count). The third-order valence-corrected chi connectivity index (χ3v) is 9.59. The molecule has 1 N–H and O–H groups in total. The zero-order chi connectivity index (χ0) is 23.0. The molecule has 1 aliphatic rings. The van der Waals surface area contributed by atoms with Gasteiger partial charge in [-0.15, -0.1) is 0 Å². The predicted octanol–water partition coefficient (Wildman–Crippen LogP) is 5.37. The Balaban J connectivity index is 1.63. The van der Waals surface area contributed by atoms with E-state index >= 15 is 0 Å². The van der Waals surface area contributed by atoms with Crippen LogP contribution in [0.15, 0.2) is 46.0 Å². The molecular weight excluding hydrogens is 436 g/mol. The van der Waals surface area contributed by atoms with Crippen molar-refractivity contribution in [1.82, 2.24) is 9.62 Å². The van der Waals surface area contributed by atoms with Crippen LogP contribution < -0.4 is 4.72 Å². The van der Waals surface area contributed by atoms with Crippen molar-refractivity contribution >= 4 is 21.4 Å². The molecule has 3 aromatic rings. The van der Waals surface area contributed by atoms with Gasteiger partial charge in [0.25, 0.3) is 0 Å². The standard InChI is InChI=1S/C26H32N2O2S2/c1-17-18(2)20(4)26(21(5)19(17)3)32(29,30)27-14-25(24-11-13-31-16-24)28-12-10-22-8-6-7-9-23(22)15-28/h6-9,11,13,16,25,27H,10,12,14-15H2,1-5H3. The van der Waals surface area contributed by atoms with Gasteiger partial charge < -0.3 is 0 Å². The third kappa shape index (κ3) is 4.29. The van der Waals surface area contributed by atoms with Crippen LogP contribution in [0.2, 0.25) is 0 Å². The zero-order valence-electron chi connectivity index (χ0n) is 19.5. The van der Waals surface area contributed by atoms with Crippen molar-refractivity contribution in [2.45, 2.75) is 58.5 Å². The minimum atomic E-state index is -3.64. The summed E-state index contributed by atoms with van der Waals surface area (Å²) in [4.78, 5) is 2.84. The van der Waals surface area contributed by atoms with Gasteiger partial charge >= 0.3 is 0 Å². The molecule has 0 fully saturated rings. The molecule has 2 aromatic carbocycles. The molecule has 1 aromatic heterocycles. The number of sulfonamides is 1. The van der Waals surface area contributed by atoms with E-state index in [0.29, 0.717) is 11.4 Å². The molecule has 0 saturated heterocycles. The molecule has 1 unspecified atom stereocenters. The van der Waals surface area contributed by atoms with Crippen molar-refractivity contribution in [3.8, 4) is 0 Å². The number of rotatable bonds is 6. The van der Waals surface area contributed by atoms with Gasteiger partial charge in [0.05, 0.1) is 4.90 Å². The second-order valence-corrected chi connectivity index (χ2v) is 11.4. The summed E-state index contributed by atoms with van der Waals surface area (Å²) in [6, 6.07) is 10.7. The van der Waals surface area contributed by atoms with Crippen LogP contribution in [0.3, 0.4) is 0 Å². The van der Waals surface area contributed by atoms with Crippen LogP contribution in [0.25, 0.3) is 0 Å². The Bertz CT molecular complexity index is 1200. The van der Waals surface area contributed by atoms with Gasteiger partial charge in [-0.1, -0.05) is 24.3 Å². The van der Waals surface area contributed by atoms with Crippen molar-refractivity contribution in [1.29, 1.82) is 0 Å². The first-order chi connectivity index (χ1) is 15.2. The molecule has 0 bridgehead atoms. The van der Waals surface area contributed by atoms with E-state index in [1.807, 2.05) is 27.7 Å². The maximum atomic E-state index is 13.5. The molecule has 1 aliphatic heterocycles. The highest BCUT2D eigenvalue weighted by Gasteiger charge is 2.29. The summed E-state index contributed by atoms with van der Waals surface area (Å²) in [5.41, 5.74) is 8.85. The molecule has 0 radical (unpaired) electrons. The lowest BCUT2D eigenvalue weighted by Crippen LogP contribution is -2.40. The van der Waals surface area contributed by atoms with E-state index in [-0.39, 0.29) is 6.04 Å². The topological polar surface area (TPSA) is 49.4 Å². The first-order valence-corrected chi connectivity index (χ1v) is 13.5. The minimum Gasteiger partial charge on any atom is -0.290 e. The van der Waals surface area contributed by atoms with Crippen molar-refractivity contribution in [2.75, 3.05) is 13.1 Å². The summed E-state index contributed by atoms with van der Waals surface area (Å²) in [5, 5.41) is 4.20. The van der Waals surface area contributed by atoms with E-state index in [9.17, 15) is 8.42 Å². The number of hydrogen-bond acceptors (Lipinski definition) is 4. The Hall–Kier alpha value is -1.99. The summed E-state index contributed by atoms with van der Waals surface area (Å²) >= 11 is 1.65. The van der Waals surface area contributed by atoms with Crippen molar-refractivity contribution in [3.05, 3.63) is 85.6 Å². The molecule has 0 amide bonds. The fraction of sp³-hybridized carbons (Fsp3) is 0.385. The molecule has 0 saturated carbocycles. The van der Waals surface area contributed by atoms with Crippen molar-refractivity contribution < 1.29 is 8.42 Å². The summed E-state index contributed by atoms with van der Waals surface area (Å²) in [5.74, 6) is 0. The number of nitrogens with zero attached hydrogens (tertiary/aromatic N) is 1. The van der Waals surface area contributed by atoms with Gasteiger partial charge in [-0.2, -0.15) is 11.3 Å². The molecule has 4 nitrogen and oxygen atoms in total. The van der Waals surface area contributed by atoms with Gasteiger partial charge in [0.1, 0.15) is 0 Å². The highest BCUT2D eigenvalue weighted by atomic mass is 32.2. The smallest absolute Gasteiger partial charge is 0.241 e. The first-order valence-electron chi connectivity index (χ1n) is 11.1. The third-order valence-electron chi connectivity index (χ3n) is 7.20. The molecule has 1 atom stereocenters. The molecule has 32 heavy (non-hydrogen) atoms. The van der Waals surface area contributed by atoms with Gasteiger partial charge in [0.15, 0.2) is 0 Å². The molecule has 2 heterocycles. The zero-order valence-corrected chi connectivity index (χ0v) is 21.2. The van der Waals surface area contributed by atoms with Crippen LogP contribution >= 0.6 is 11.3 Å². The van der Waals surface area contributed by atoms with Crippen LogP contribution in [-0.2, 0) is 23.0 Å². The second kappa shape index (κ2) is 9.10. The summed E-state index contributed by atoms with van der Waals surface area (Å²) in [6.45, 7) is 12.0. The van der Waals surface area contributed by atoms with Crippen LogP contribution in [-0.4, -0.2) is 26.4 Å². The molecule has 170 valence electrons. The van der Waals surface area contributed by atoms with Crippen LogP contribution in [0.5, 0.6) is 0 Å². The Morgan fingerprint density at radius 2 is 1.56 bits per heavy atom. The Kier molecular flexibility index (Phi) is 6.59. The number of hydrogen-bond donors (Lipinski definition) is 1. The molecular formula is C26H32N2O2S2. The minimum absolute atomic E-state index is 0.00219. The monoisotopic (exact) mass is 468 g/mol. The molecule has 6 heteroatoms. The normalized spacial score (nSPS) is 15.5. The van der Waals surface area contributed by atoms with Gasteiger partial charge in [-0.05, 0) is 102 Å². The van der Waals surface area contributed by atoms with E-state index in [2.05, 4.69) is 57.6 Å². The number of benzene rings is 2. The van der Waals surface area contributed by atoms with Crippen molar-refractivity contribution in [3.63, 3.8) is 0 Å². The maximum absolute atomic E-state index is 13.5. The predicted molar refractivity (Wildman–Crippen MR) is 133 cm³/mol. The van der Waals surface area contributed by atoms with E-state index in [1.165, 1.54) is 22.3 Å². The Morgan fingerprint density at radius 1 is 0.938 bits per heavy atom. The molecule has 0 spiro atoms. The van der Waals surface area contributed by atoms with Crippen LogP contribution in [0, 0.1) is 34.6 Å². The van der Waals surface area contributed by atoms with Gasteiger partial charge in [0.2, 0.25) is 10.0 Å². The summed E-state index contributed by atoms with van der Waals surface area (Å²) in [7, 11) is -3.64. The Labute approximate surface area is 196 Å². The largest absolute Gasteiger partial charge is 0.290 e. The van der Waals surface area contributed by atoms with Gasteiger partial charge in [-0.3, -0.25) is 4.90 Å². The first kappa shape index (κ1) is 23.2. The van der Waals surface area contributed by atoms with E-state index < -0.39 is 10.0 Å². The van der Waals surface area contributed by atoms with Crippen molar-refractivity contribution in [2.24, 2.45) is 0 Å². The second-order valence-electron chi connectivity index (χ2n) is 8.87. The maximum Gasteiger partial charge on any atom is 0.241 e. The highest BCUT2D eigenvalue weighted by Crippen LogP contribution is 2.32. The number of thiophene rings is 1. The fourth-order valence-electron chi connectivity index (χ4n) is 4.84. The number of fused-ring (bicyclic) bond motifs is 1. The lowest BCUT2D eigenvalue weighted by molar-refractivity contribution is 0.180. The van der Waals surface area contributed by atoms with E-state index in [4.69, 9.17) is 0 Å². The van der Waals surface area contributed by atoms with E-state index in [1.54, 1.807) is 11.3 Å². The van der Waals surface area contributed by atoms with Crippen LogP contribution in [0.4, 0.5) is 0 Å². The Morgan fingerprint density at radius 3 is 2.19 bits per heavy atom. The van der Waals surface area contributed by atoms with Gasteiger partial charge in [0, 0.05) is 25.7 Å².